The number of benzene rings is 1. The van der Waals surface area contributed by atoms with Gasteiger partial charge in [-0.1, -0.05) is 0 Å². The molecule has 1 aromatic rings. The second-order valence-electron chi connectivity index (χ2n) is 8.78. The summed E-state index contributed by atoms with van der Waals surface area (Å²) < 4.78 is 5.28. The van der Waals surface area contributed by atoms with Crippen molar-refractivity contribution in [2.75, 3.05) is 58.4 Å². The average Bonchev–Trinajstić information content (AvgIpc) is 2.74. The summed E-state index contributed by atoms with van der Waals surface area (Å²) in [5.74, 6) is 0.922. The van der Waals surface area contributed by atoms with Crippen LogP contribution in [0, 0.1) is 5.41 Å². The van der Waals surface area contributed by atoms with E-state index in [0.717, 1.165) is 38.3 Å². The normalized spacial score (nSPS) is 30.9. The summed E-state index contributed by atoms with van der Waals surface area (Å²) in [6.07, 6.45) is 6.04. The number of ether oxygens (including phenoxy) is 1. The molecule has 5 nitrogen and oxygen atoms in total. The fourth-order valence-electron chi connectivity index (χ4n) is 5.65. The first-order chi connectivity index (χ1) is 13.1. The van der Waals surface area contributed by atoms with E-state index in [4.69, 9.17) is 4.74 Å². The van der Waals surface area contributed by atoms with Crippen LogP contribution in [0.3, 0.4) is 0 Å². The highest BCUT2D eigenvalue weighted by Gasteiger charge is 2.47. The number of hydrogen-bond acceptors (Lipinski definition) is 5. The van der Waals surface area contributed by atoms with Gasteiger partial charge in [-0.3, -0.25) is 4.90 Å². The van der Waals surface area contributed by atoms with Crippen LogP contribution in [0.5, 0.6) is 5.75 Å². The summed E-state index contributed by atoms with van der Waals surface area (Å²) in [7, 11) is 3.97. The molecule has 3 aliphatic heterocycles. The number of aliphatic hydroxyl groups excluding tert-OH is 1. The van der Waals surface area contributed by atoms with Crippen LogP contribution >= 0.6 is 0 Å². The molecule has 3 aliphatic rings. The molecule has 5 heteroatoms. The fourth-order valence-corrected chi connectivity index (χ4v) is 5.65. The molecule has 0 bridgehead atoms. The molecular weight excluding hydrogens is 338 g/mol. The van der Waals surface area contributed by atoms with Gasteiger partial charge in [-0.15, -0.1) is 0 Å². The van der Waals surface area contributed by atoms with Gasteiger partial charge in [0.25, 0.3) is 0 Å². The summed E-state index contributed by atoms with van der Waals surface area (Å²) in [5, 5.41) is 10.1. The van der Waals surface area contributed by atoms with Crippen molar-refractivity contribution in [3.8, 4) is 5.75 Å². The van der Waals surface area contributed by atoms with Gasteiger partial charge in [-0.05, 0) is 76.5 Å². The van der Waals surface area contributed by atoms with Crippen LogP contribution in [0.15, 0.2) is 24.3 Å². The van der Waals surface area contributed by atoms with Crippen molar-refractivity contribution in [1.29, 1.82) is 0 Å². The van der Waals surface area contributed by atoms with Gasteiger partial charge in [-0.2, -0.15) is 0 Å². The predicted molar refractivity (Wildman–Crippen MR) is 110 cm³/mol. The van der Waals surface area contributed by atoms with E-state index < -0.39 is 0 Å². The van der Waals surface area contributed by atoms with Crippen LogP contribution in [0.1, 0.15) is 32.1 Å². The van der Waals surface area contributed by atoms with Crippen molar-refractivity contribution >= 4 is 5.69 Å². The Morgan fingerprint density at radius 3 is 2.48 bits per heavy atom. The Hall–Kier alpha value is -1.30. The van der Waals surface area contributed by atoms with Crippen molar-refractivity contribution in [1.82, 2.24) is 9.80 Å². The molecule has 0 spiro atoms. The van der Waals surface area contributed by atoms with Crippen LogP contribution < -0.4 is 9.64 Å². The topological polar surface area (TPSA) is 39.2 Å². The van der Waals surface area contributed by atoms with Crippen molar-refractivity contribution in [2.24, 2.45) is 5.41 Å². The number of aliphatic hydroxyl groups is 1. The van der Waals surface area contributed by atoms with Crippen LogP contribution in [-0.4, -0.2) is 80.5 Å². The number of likely N-dealkylation sites (N-methyl/N-ethyl adjacent to an activating group) is 1. The predicted octanol–water partition coefficient (Wildman–Crippen LogP) is 2.44. The maximum absolute atomic E-state index is 10.1. The van der Waals surface area contributed by atoms with E-state index in [1.807, 2.05) is 0 Å². The summed E-state index contributed by atoms with van der Waals surface area (Å²) in [5.41, 5.74) is 1.45. The fraction of sp³-hybridized carbons (Fsp3) is 0.727. The standard InChI is InChI=1S/C22H35N3O2/c1-23-12-3-10-22(17-26)11-15-25(16-21(22)23)19-8-13-24(14-9-19)18-4-6-20(27-2)7-5-18/h4-7,19,21,26H,3,8-17H2,1-2H3/t21-,22-/m1/s1. The van der Waals surface area contributed by atoms with E-state index in [2.05, 4.69) is 46.0 Å². The second-order valence-corrected chi connectivity index (χ2v) is 8.78. The minimum Gasteiger partial charge on any atom is -0.497 e. The second kappa shape index (κ2) is 7.98. The first-order valence-electron chi connectivity index (χ1n) is 10.6. The summed E-state index contributed by atoms with van der Waals surface area (Å²) in [6.45, 7) is 6.06. The van der Waals surface area contributed by atoms with Gasteiger partial charge in [0, 0.05) is 42.8 Å². The summed E-state index contributed by atoms with van der Waals surface area (Å²) in [4.78, 5) is 7.74. The summed E-state index contributed by atoms with van der Waals surface area (Å²) >= 11 is 0. The molecule has 2 atom stereocenters. The van der Waals surface area contributed by atoms with E-state index in [1.165, 1.54) is 37.9 Å². The van der Waals surface area contributed by atoms with Crippen LogP contribution in [-0.2, 0) is 0 Å². The van der Waals surface area contributed by atoms with Crippen LogP contribution in [0.25, 0.3) is 0 Å². The number of piperidine rings is 3. The molecule has 150 valence electrons. The number of hydrogen-bond donors (Lipinski definition) is 1. The van der Waals surface area contributed by atoms with E-state index >= 15 is 0 Å². The third-order valence-corrected chi connectivity index (χ3v) is 7.46. The molecule has 1 N–H and O–H groups in total. The Bertz CT molecular complexity index is 614. The lowest BCUT2D eigenvalue weighted by molar-refractivity contribution is -0.0772. The minimum absolute atomic E-state index is 0.146. The molecule has 3 heterocycles. The lowest BCUT2D eigenvalue weighted by Gasteiger charge is -2.55. The Labute approximate surface area is 163 Å². The van der Waals surface area contributed by atoms with Gasteiger partial charge in [0.2, 0.25) is 0 Å². The zero-order valence-electron chi connectivity index (χ0n) is 16.9. The number of fused-ring (bicyclic) bond motifs is 1. The largest absolute Gasteiger partial charge is 0.497 e. The highest BCUT2D eigenvalue weighted by molar-refractivity contribution is 5.49. The molecule has 0 unspecified atom stereocenters. The molecule has 0 aromatic heterocycles. The van der Waals surface area contributed by atoms with Gasteiger partial charge in [0.15, 0.2) is 0 Å². The van der Waals surface area contributed by atoms with Crippen molar-refractivity contribution in [2.45, 2.75) is 44.2 Å². The van der Waals surface area contributed by atoms with Crippen molar-refractivity contribution < 1.29 is 9.84 Å². The molecule has 3 fully saturated rings. The van der Waals surface area contributed by atoms with Gasteiger partial charge < -0.3 is 19.6 Å². The third-order valence-electron chi connectivity index (χ3n) is 7.46. The lowest BCUT2D eigenvalue weighted by atomic mass is 9.68. The smallest absolute Gasteiger partial charge is 0.119 e. The maximum atomic E-state index is 10.1. The quantitative estimate of drug-likeness (QED) is 0.878. The van der Waals surface area contributed by atoms with Gasteiger partial charge >= 0.3 is 0 Å². The lowest BCUT2D eigenvalue weighted by Crippen LogP contribution is -2.63. The van der Waals surface area contributed by atoms with Crippen molar-refractivity contribution in [3.63, 3.8) is 0 Å². The van der Waals surface area contributed by atoms with Gasteiger partial charge in [0.05, 0.1) is 13.7 Å². The number of rotatable bonds is 4. The Balaban J connectivity index is 1.35. The SMILES string of the molecule is COc1ccc(N2CCC(N3CC[C@@]4(CO)CCCN(C)[C@@H]4C3)CC2)cc1. The number of methoxy groups -OCH3 is 1. The van der Waals surface area contributed by atoms with Gasteiger partial charge in [0.1, 0.15) is 5.75 Å². The molecule has 0 amide bonds. The molecule has 0 aliphatic carbocycles. The number of likely N-dealkylation sites (tertiary alicyclic amines) is 2. The molecular formula is C22H35N3O2. The molecule has 1 aromatic carbocycles. The minimum atomic E-state index is 0.146. The zero-order chi connectivity index (χ0) is 18.9. The van der Waals surface area contributed by atoms with E-state index in [-0.39, 0.29) is 5.41 Å². The van der Waals surface area contributed by atoms with Crippen molar-refractivity contribution in [3.05, 3.63) is 24.3 Å². The zero-order valence-corrected chi connectivity index (χ0v) is 16.9. The molecule has 27 heavy (non-hydrogen) atoms. The Morgan fingerprint density at radius 2 is 1.81 bits per heavy atom. The molecule has 3 saturated heterocycles. The number of anilines is 1. The molecule has 0 radical (unpaired) electrons. The monoisotopic (exact) mass is 373 g/mol. The number of nitrogens with zero attached hydrogens (tertiary/aromatic N) is 3. The first kappa shape index (κ1) is 19.0. The van der Waals surface area contributed by atoms with Gasteiger partial charge in [-0.25, -0.2) is 0 Å². The van der Waals surface area contributed by atoms with Crippen LogP contribution in [0.4, 0.5) is 5.69 Å². The maximum Gasteiger partial charge on any atom is 0.119 e. The first-order valence-corrected chi connectivity index (χ1v) is 10.6. The Morgan fingerprint density at radius 1 is 1.07 bits per heavy atom. The van der Waals surface area contributed by atoms with Crippen LogP contribution in [0.2, 0.25) is 0 Å². The van der Waals surface area contributed by atoms with E-state index in [1.54, 1.807) is 7.11 Å². The summed E-state index contributed by atoms with van der Waals surface area (Å²) in [6, 6.07) is 9.66. The Kier molecular flexibility index (Phi) is 5.62. The third kappa shape index (κ3) is 3.69. The molecule has 4 rings (SSSR count). The van der Waals surface area contributed by atoms with E-state index in [9.17, 15) is 5.11 Å². The highest BCUT2D eigenvalue weighted by atomic mass is 16.5. The molecule has 0 saturated carbocycles. The highest BCUT2D eigenvalue weighted by Crippen LogP contribution is 2.42. The average molecular weight is 374 g/mol. The van der Waals surface area contributed by atoms with E-state index in [0.29, 0.717) is 18.7 Å².